The first kappa shape index (κ1) is 21.2. The third-order valence-corrected chi connectivity index (χ3v) is 3.32. The Morgan fingerprint density at radius 2 is 1.92 bits per heavy atom. The molecule has 8 heteroatoms. The Morgan fingerprint density at radius 1 is 1.28 bits per heavy atom. The first-order chi connectivity index (χ1) is 11.7. The highest BCUT2D eigenvalue weighted by molar-refractivity contribution is 5.89. The number of morpholine rings is 1. The van der Waals surface area contributed by atoms with Crippen molar-refractivity contribution in [3.8, 4) is 0 Å². The number of anilines is 1. The molecule has 0 aromatic heterocycles. The largest absolute Gasteiger partial charge is 0.386 e. The van der Waals surface area contributed by atoms with E-state index in [0.717, 1.165) is 50.5 Å². The van der Waals surface area contributed by atoms with Gasteiger partial charge in [0, 0.05) is 32.2 Å². The fourth-order valence-electron chi connectivity index (χ4n) is 2.23. The second-order valence-corrected chi connectivity index (χ2v) is 5.84. The summed E-state index contributed by atoms with van der Waals surface area (Å²) in [5, 5.41) is 5.72. The molecule has 2 amide bonds. The molecule has 0 bridgehead atoms. The van der Waals surface area contributed by atoms with Gasteiger partial charge in [0.1, 0.15) is 0 Å². The van der Waals surface area contributed by atoms with Crippen LogP contribution in [0.5, 0.6) is 0 Å². The summed E-state index contributed by atoms with van der Waals surface area (Å²) in [5.41, 5.74) is 1.96. The lowest BCUT2D eigenvalue weighted by Crippen LogP contribution is -2.38. The second-order valence-electron chi connectivity index (χ2n) is 5.84. The number of ether oxygens (including phenoxy) is 1. The van der Waals surface area contributed by atoms with Gasteiger partial charge in [0.2, 0.25) is 0 Å². The molecule has 0 atom stereocenters. The van der Waals surface area contributed by atoms with E-state index in [9.17, 15) is 18.0 Å². The molecule has 1 aliphatic rings. The molecular formula is C17H26F3N3O2. The van der Waals surface area contributed by atoms with Gasteiger partial charge < -0.3 is 15.4 Å². The van der Waals surface area contributed by atoms with Gasteiger partial charge in [-0.3, -0.25) is 4.90 Å². The van der Waals surface area contributed by atoms with Gasteiger partial charge in [0.15, 0.2) is 0 Å². The smallest absolute Gasteiger partial charge is 0.379 e. The quantitative estimate of drug-likeness (QED) is 0.791. The highest BCUT2D eigenvalue weighted by atomic mass is 19.4. The standard InChI is InChI=1S/C15H23N3O2.C2H3F3/c1-13-4-2-5-14(12-13)17-15(19)16-6-3-7-18-8-10-20-11-9-18;1-2(3,4)5/h2,4-5,12H,3,6-11H2,1H3,(H2,16,17,19);1H3. The number of nitrogens with zero attached hydrogens (tertiary/aromatic N) is 1. The van der Waals surface area contributed by atoms with E-state index in [1.54, 1.807) is 0 Å². The van der Waals surface area contributed by atoms with Crippen LogP contribution in [0.4, 0.5) is 23.7 Å². The zero-order valence-electron chi connectivity index (χ0n) is 14.7. The fourth-order valence-corrected chi connectivity index (χ4v) is 2.23. The third-order valence-electron chi connectivity index (χ3n) is 3.32. The number of urea groups is 1. The molecule has 2 N–H and O–H groups in total. The molecular weight excluding hydrogens is 335 g/mol. The minimum absolute atomic E-state index is 0.141. The van der Waals surface area contributed by atoms with Crippen LogP contribution in [0.1, 0.15) is 18.9 Å². The summed E-state index contributed by atoms with van der Waals surface area (Å²) in [4.78, 5) is 14.1. The zero-order chi connectivity index (χ0) is 18.7. The number of alkyl halides is 3. The number of amides is 2. The minimum Gasteiger partial charge on any atom is -0.379 e. The maximum atomic E-state index is 11.7. The molecule has 1 aliphatic heterocycles. The normalized spacial score (nSPS) is 15.1. The van der Waals surface area contributed by atoms with Crippen molar-refractivity contribution in [3.05, 3.63) is 29.8 Å². The van der Waals surface area contributed by atoms with Crippen LogP contribution >= 0.6 is 0 Å². The average molecular weight is 361 g/mol. The van der Waals surface area contributed by atoms with Crippen LogP contribution in [0, 0.1) is 6.92 Å². The summed E-state index contributed by atoms with van der Waals surface area (Å²) >= 11 is 0. The molecule has 0 aliphatic carbocycles. The van der Waals surface area contributed by atoms with Gasteiger partial charge in [0.25, 0.3) is 0 Å². The highest BCUT2D eigenvalue weighted by Gasteiger charge is 2.15. The molecule has 1 aromatic carbocycles. The van der Waals surface area contributed by atoms with E-state index in [2.05, 4.69) is 15.5 Å². The van der Waals surface area contributed by atoms with E-state index < -0.39 is 6.18 Å². The van der Waals surface area contributed by atoms with Gasteiger partial charge in [-0.1, -0.05) is 12.1 Å². The van der Waals surface area contributed by atoms with Crippen molar-refractivity contribution in [2.75, 3.05) is 44.7 Å². The molecule has 1 aromatic rings. The summed E-state index contributed by atoms with van der Waals surface area (Å²) in [6.45, 7) is 7.52. The van der Waals surface area contributed by atoms with Gasteiger partial charge in [-0.05, 0) is 37.6 Å². The zero-order valence-corrected chi connectivity index (χ0v) is 14.7. The van der Waals surface area contributed by atoms with Gasteiger partial charge >= 0.3 is 12.2 Å². The van der Waals surface area contributed by atoms with Gasteiger partial charge in [0.05, 0.1) is 13.2 Å². The Hall–Kier alpha value is -1.80. The molecule has 0 radical (unpaired) electrons. The van der Waals surface area contributed by atoms with E-state index in [1.165, 1.54) is 0 Å². The molecule has 142 valence electrons. The maximum Gasteiger partial charge on any atom is 0.386 e. The number of hydrogen-bond acceptors (Lipinski definition) is 3. The van der Waals surface area contributed by atoms with E-state index in [4.69, 9.17) is 4.74 Å². The van der Waals surface area contributed by atoms with Crippen LogP contribution in [0.3, 0.4) is 0 Å². The van der Waals surface area contributed by atoms with Crippen LogP contribution in [0.2, 0.25) is 0 Å². The Labute approximate surface area is 146 Å². The van der Waals surface area contributed by atoms with Crippen LogP contribution in [-0.4, -0.2) is 56.5 Å². The summed E-state index contributed by atoms with van der Waals surface area (Å²) < 4.78 is 36.4. The van der Waals surface area contributed by atoms with Crippen molar-refractivity contribution in [3.63, 3.8) is 0 Å². The molecule has 5 nitrogen and oxygen atoms in total. The Balaban J connectivity index is 0.000000550. The van der Waals surface area contributed by atoms with Crippen LogP contribution in [-0.2, 0) is 4.74 Å². The first-order valence-corrected chi connectivity index (χ1v) is 8.22. The fraction of sp³-hybridized carbons (Fsp3) is 0.588. The molecule has 2 rings (SSSR count). The lowest BCUT2D eigenvalue weighted by Gasteiger charge is -2.26. The lowest BCUT2D eigenvalue weighted by molar-refractivity contribution is -0.110. The maximum absolute atomic E-state index is 11.7. The summed E-state index contributed by atoms with van der Waals surface area (Å²) in [6.07, 6.45) is -3.04. The van der Waals surface area contributed by atoms with E-state index >= 15 is 0 Å². The van der Waals surface area contributed by atoms with Crippen molar-refractivity contribution >= 4 is 11.7 Å². The molecule has 1 saturated heterocycles. The summed E-state index contributed by atoms with van der Waals surface area (Å²) in [5.74, 6) is 0. The third kappa shape index (κ3) is 12.2. The van der Waals surface area contributed by atoms with Crippen LogP contribution < -0.4 is 10.6 Å². The van der Waals surface area contributed by atoms with Crippen molar-refractivity contribution in [2.45, 2.75) is 26.4 Å². The topological polar surface area (TPSA) is 53.6 Å². The molecule has 25 heavy (non-hydrogen) atoms. The molecule has 0 spiro atoms. The highest BCUT2D eigenvalue weighted by Crippen LogP contribution is 2.10. The summed E-state index contributed by atoms with van der Waals surface area (Å²) in [6, 6.07) is 7.64. The van der Waals surface area contributed by atoms with E-state index in [-0.39, 0.29) is 13.0 Å². The molecule has 1 heterocycles. The van der Waals surface area contributed by atoms with E-state index in [0.29, 0.717) is 6.54 Å². The number of nitrogens with one attached hydrogen (secondary N) is 2. The number of halogens is 3. The Kier molecular flexibility index (Phi) is 9.30. The van der Waals surface area contributed by atoms with Crippen LogP contribution in [0.25, 0.3) is 0 Å². The van der Waals surface area contributed by atoms with E-state index in [1.807, 2.05) is 31.2 Å². The second kappa shape index (κ2) is 10.9. The van der Waals surface area contributed by atoms with Gasteiger partial charge in [-0.25, -0.2) is 4.79 Å². The van der Waals surface area contributed by atoms with Crippen molar-refractivity contribution < 1.29 is 22.7 Å². The van der Waals surface area contributed by atoms with Crippen LogP contribution in [0.15, 0.2) is 24.3 Å². The summed E-state index contributed by atoms with van der Waals surface area (Å²) in [7, 11) is 0. The number of aryl methyl sites for hydroxylation is 1. The Bertz CT molecular complexity index is 512. The predicted octanol–water partition coefficient (Wildman–Crippen LogP) is 3.41. The van der Waals surface area contributed by atoms with Crippen molar-refractivity contribution in [1.29, 1.82) is 0 Å². The SMILES string of the molecule is CC(F)(F)F.Cc1cccc(NC(=O)NCCCN2CCOCC2)c1. The Morgan fingerprint density at radius 3 is 2.52 bits per heavy atom. The lowest BCUT2D eigenvalue weighted by atomic mass is 10.2. The minimum atomic E-state index is -4.00. The van der Waals surface area contributed by atoms with Crippen molar-refractivity contribution in [1.82, 2.24) is 10.2 Å². The van der Waals surface area contributed by atoms with Crippen molar-refractivity contribution in [2.24, 2.45) is 0 Å². The monoisotopic (exact) mass is 361 g/mol. The predicted molar refractivity (Wildman–Crippen MR) is 91.8 cm³/mol. The molecule has 0 unspecified atom stereocenters. The molecule has 0 saturated carbocycles. The number of rotatable bonds is 5. The van der Waals surface area contributed by atoms with Gasteiger partial charge in [-0.2, -0.15) is 13.2 Å². The number of hydrogen-bond donors (Lipinski definition) is 2. The van der Waals surface area contributed by atoms with Gasteiger partial charge in [-0.15, -0.1) is 0 Å². The first-order valence-electron chi connectivity index (χ1n) is 8.22. The average Bonchev–Trinajstić information content (AvgIpc) is 2.51. The molecule has 1 fully saturated rings. The number of carbonyl (C=O) groups excluding carboxylic acids is 1. The number of benzene rings is 1. The number of carbonyl (C=O) groups is 1.